The molecule has 0 bridgehead atoms. The third-order valence-electron chi connectivity index (χ3n) is 4.90. The van der Waals surface area contributed by atoms with Gasteiger partial charge in [0.05, 0.1) is 0 Å². The molecule has 1 aromatic carbocycles. The third-order valence-corrected chi connectivity index (χ3v) is 4.90. The summed E-state index contributed by atoms with van der Waals surface area (Å²) in [6.45, 7) is 5.91. The second-order valence-corrected chi connectivity index (χ2v) is 6.76. The van der Waals surface area contributed by atoms with E-state index in [2.05, 4.69) is 41.8 Å². The lowest BCUT2D eigenvalue weighted by Crippen LogP contribution is -2.37. The molecule has 2 aliphatic rings. The first-order valence-corrected chi connectivity index (χ1v) is 7.78. The molecule has 1 heterocycles. The molecule has 104 valence electrons. The van der Waals surface area contributed by atoms with Gasteiger partial charge in [-0.3, -0.25) is 0 Å². The molecule has 3 rings (SSSR count). The molecule has 1 saturated carbocycles. The Kier molecular flexibility index (Phi) is 3.79. The van der Waals surface area contributed by atoms with Crippen molar-refractivity contribution in [3.63, 3.8) is 0 Å². The van der Waals surface area contributed by atoms with Crippen molar-refractivity contribution in [3.05, 3.63) is 29.8 Å². The van der Waals surface area contributed by atoms with Gasteiger partial charge >= 0.3 is 0 Å². The van der Waals surface area contributed by atoms with Gasteiger partial charge in [0.1, 0.15) is 0 Å². The quantitative estimate of drug-likeness (QED) is 0.864. The Balaban J connectivity index is 1.47. The first-order valence-electron chi connectivity index (χ1n) is 7.78. The van der Waals surface area contributed by atoms with Crippen LogP contribution in [0.5, 0.6) is 0 Å². The minimum atomic E-state index is 0.569. The summed E-state index contributed by atoms with van der Waals surface area (Å²) in [5.41, 5.74) is 3.38. The number of hydrogen-bond donors (Lipinski definition) is 2. The molecule has 1 aromatic rings. The summed E-state index contributed by atoms with van der Waals surface area (Å²) in [4.78, 5) is 0. The maximum atomic E-state index is 3.73. The van der Waals surface area contributed by atoms with E-state index in [9.17, 15) is 0 Å². The second kappa shape index (κ2) is 5.54. The lowest BCUT2D eigenvalue weighted by atomic mass is 9.88. The number of fused-ring (bicyclic) bond motifs is 1. The number of anilines is 1. The topological polar surface area (TPSA) is 24.1 Å². The zero-order valence-electron chi connectivity index (χ0n) is 12.0. The highest BCUT2D eigenvalue weighted by atomic mass is 14.9. The van der Waals surface area contributed by atoms with E-state index in [0.29, 0.717) is 5.41 Å². The van der Waals surface area contributed by atoms with Crippen LogP contribution in [-0.2, 0) is 6.42 Å². The van der Waals surface area contributed by atoms with Crippen LogP contribution in [0.4, 0.5) is 5.69 Å². The first-order chi connectivity index (χ1) is 9.25. The molecule has 0 radical (unpaired) electrons. The molecule has 1 fully saturated rings. The third kappa shape index (κ3) is 3.11. The monoisotopic (exact) mass is 258 g/mol. The van der Waals surface area contributed by atoms with Crippen LogP contribution >= 0.6 is 0 Å². The van der Waals surface area contributed by atoms with Gasteiger partial charge in [-0.2, -0.15) is 0 Å². The standard InChI is InChI=1S/C17H26N2/c1-17(8-4-5-9-17)13-18-11-14-10-15-6-2-3-7-16(15)19-12-14/h2-3,6-7,14,18-19H,4-5,8-13H2,1H3. The molecule has 19 heavy (non-hydrogen) atoms. The molecule has 1 unspecified atom stereocenters. The molecule has 1 atom stereocenters. The van der Waals surface area contributed by atoms with Crippen molar-refractivity contribution in [3.8, 4) is 0 Å². The van der Waals surface area contributed by atoms with Gasteiger partial charge in [0.25, 0.3) is 0 Å². The molecule has 1 aliphatic carbocycles. The summed E-state index contributed by atoms with van der Waals surface area (Å²) < 4.78 is 0. The molecule has 2 heteroatoms. The van der Waals surface area contributed by atoms with Crippen LogP contribution in [0.1, 0.15) is 38.2 Å². The minimum Gasteiger partial charge on any atom is -0.384 e. The van der Waals surface area contributed by atoms with E-state index < -0.39 is 0 Å². The smallest absolute Gasteiger partial charge is 0.0372 e. The van der Waals surface area contributed by atoms with Gasteiger partial charge in [-0.25, -0.2) is 0 Å². The summed E-state index contributed by atoms with van der Waals surface area (Å²) in [6, 6.07) is 8.71. The normalized spacial score (nSPS) is 24.8. The highest BCUT2D eigenvalue weighted by Crippen LogP contribution is 2.36. The molecule has 0 saturated heterocycles. The van der Waals surface area contributed by atoms with Crippen LogP contribution in [0.2, 0.25) is 0 Å². The molecule has 2 nitrogen and oxygen atoms in total. The van der Waals surface area contributed by atoms with Crippen LogP contribution in [0.25, 0.3) is 0 Å². The minimum absolute atomic E-state index is 0.569. The zero-order valence-corrected chi connectivity index (χ0v) is 12.0. The summed E-state index contributed by atoms with van der Waals surface area (Å²) in [5, 5.41) is 7.29. The van der Waals surface area contributed by atoms with Crippen LogP contribution < -0.4 is 10.6 Å². The van der Waals surface area contributed by atoms with Crippen LogP contribution in [0.3, 0.4) is 0 Å². The lowest BCUT2D eigenvalue weighted by molar-refractivity contribution is 0.304. The van der Waals surface area contributed by atoms with E-state index in [4.69, 9.17) is 0 Å². The van der Waals surface area contributed by atoms with Crippen molar-refractivity contribution in [1.29, 1.82) is 0 Å². The lowest BCUT2D eigenvalue weighted by Gasteiger charge is -2.29. The predicted octanol–water partition coefficient (Wildman–Crippen LogP) is 3.44. The summed E-state index contributed by atoms with van der Waals surface area (Å²) >= 11 is 0. The predicted molar refractivity (Wildman–Crippen MR) is 81.6 cm³/mol. The summed E-state index contributed by atoms with van der Waals surface area (Å²) in [7, 11) is 0. The van der Waals surface area contributed by atoms with Crippen molar-refractivity contribution in [2.24, 2.45) is 11.3 Å². The van der Waals surface area contributed by atoms with E-state index in [1.165, 1.54) is 49.9 Å². The van der Waals surface area contributed by atoms with Gasteiger partial charge < -0.3 is 10.6 Å². The van der Waals surface area contributed by atoms with Crippen molar-refractivity contribution in [2.75, 3.05) is 25.0 Å². The molecular formula is C17H26N2. The average Bonchev–Trinajstić information content (AvgIpc) is 2.86. The Hall–Kier alpha value is -1.02. The van der Waals surface area contributed by atoms with Crippen LogP contribution in [0.15, 0.2) is 24.3 Å². The number of rotatable bonds is 4. The van der Waals surface area contributed by atoms with Gasteiger partial charge in [-0.05, 0) is 48.8 Å². The zero-order chi connectivity index (χ0) is 13.1. The molecule has 2 N–H and O–H groups in total. The summed E-state index contributed by atoms with van der Waals surface area (Å²) in [6.07, 6.45) is 6.89. The number of hydrogen-bond acceptors (Lipinski definition) is 2. The second-order valence-electron chi connectivity index (χ2n) is 6.76. The van der Waals surface area contributed by atoms with Crippen molar-refractivity contribution < 1.29 is 0 Å². The summed E-state index contributed by atoms with van der Waals surface area (Å²) in [5.74, 6) is 0.736. The van der Waals surface area contributed by atoms with E-state index in [1.54, 1.807) is 0 Å². The fourth-order valence-corrected chi connectivity index (χ4v) is 3.64. The number of benzene rings is 1. The van der Waals surface area contributed by atoms with E-state index >= 15 is 0 Å². The van der Waals surface area contributed by atoms with Gasteiger partial charge in [0.15, 0.2) is 0 Å². The highest BCUT2D eigenvalue weighted by molar-refractivity contribution is 5.53. The SMILES string of the molecule is CC1(CNCC2CNc3ccccc3C2)CCCC1. The largest absolute Gasteiger partial charge is 0.384 e. The fraction of sp³-hybridized carbons (Fsp3) is 0.647. The molecular weight excluding hydrogens is 232 g/mol. The van der Waals surface area contributed by atoms with Gasteiger partial charge in [0, 0.05) is 18.8 Å². The molecule has 0 amide bonds. The highest BCUT2D eigenvalue weighted by Gasteiger charge is 2.28. The van der Waals surface area contributed by atoms with Crippen molar-refractivity contribution >= 4 is 5.69 Å². The van der Waals surface area contributed by atoms with E-state index in [1.807, 2.05) is 0 Å². The Morgan fingerprint density at radius 2 is 2.05 bits per heavy atom. The molecule has 1 aliphatic heterocycles. The van der Waals surface area contributed by atoms with Gasteiger partial charge in [-0.1, -0.05) is 38.0 Å². The maximum absolute atomic E-state index is 3.73. The van der Waals surface area contributed by atoms with E-state index in [-0.39, 0.29) is 0 Å². The fourth-order valence-electron chi connectivity index (χ4n) is 3.64. The van der Waals surface area contributed by atoms with Gasteiger partial charge in [0.2, 0.25) is 0 Å². The van der Waals surface area contributed by atoms with Gasteiger partial charge in [-0.15, -0.1) is 0 Å². The maximum Gasteiger partial charge on any atom is 0.0372 e. The van der Waals surface area contributed by atoms with Crippen LogP contribution in [0, 0.1) is 11.3 Å². The molecule has 0 spiro atoms. The Bertz CT molecular complexity index is 421. The van der Waals surface area contributed by atoms with Crippen molar-refractivity contribution in [1.82, 2.24) is 5.32 Å². The first kappa shape index (κ1) is 13.0. The Morgan fingerprint density at radius 3 is 2.89 bits per heavy atom. The van der Waals surface area contributed by atoms with Crippen LogP contribution in [-0.4, -0.2) is 19.6 Å². The Morgan fingerprint density at radius 1 is 1.26 bits per heavy atom. The number of nitrogens with one attached hydrogen (secondary N) is 2. The number of para-hydroxylation sites is 1. The average molecular weight is 258 g/mol. The van der Waals surface area contributed by atoms with E-state index in [0.717, 1.165) is 19.0 Å². The Labute approximate surface area is 117 Å². The van der Waals surface area contributed by atoms with Crippen molar-refractivity contribution in [2.45, 2.75) is 39.0 Å². The molecule has 0 aromatic heterocycles.